The van der Waals surface area contributed by atoms with Crippen molar-refractivity contribution in [3.8, 4) is 11.5 Å². The van der Waals surface area contributed by atoms with Gasteiger partial charge in [-0.05, 0) is 39.0 Å². The van der Waals surface area contributed by atoms with E-state index in [4.69, 9.17) is 10.5 Å². The molecule has 26 heavy (non-hydrogen) atoms. The summed E-state index contributed by atoms with van der Waals surface area (Å²) in [5, 5.41) is 0. The Bertz CT molecular complexity index is 803. The number of alkyl halides is 2. The van der Waals surface area contributed by atoms with Crippen LogP contribution in [0.25, 0.3) is 0 Å². The van der Waals surface area contributed by atoms with Gasteiger partial charge in [-0.2, -0.15) is 0 Å². The number of benzene rings is 1. The molecule has 0 amide bonds. The van der Waals surface area contributed by atoms with Crippen molar-refractivity contribution < 1.29 is 17.9 Å². The number of ether oxygens (including phenoxy) is 1. The van der Waals surface area contributed by atoms with E-state index >= 15 is 8.78 Å². The van der Waals surface area contributed by atoms with Crippen molar-refractivity contribution in [2.45, 2.75) is 57.5 Å². The lowest BCUT2D eigenvalue weighted by molar-refractivity contribution is -0.214. The standard InChI is InChI=1S/C19H25F3N2OSi/c1-17(2)19(21,22)18(3,24-16(23)12-25-17)14-11-13(7-8-15(14)20)9-10-26(4,5)6/h7-8,11H,12H2,1-6H3,(H2,23,24)/t18-/m1/s1. The van der Waals surface area contributed by atoms with E-state index < -0.39 is 31.0 Å². The first-order valence-electron chi connectivity index (χ1n) is 8.39. The Balaban J connectivity index is 2.70. The van der Waals surface area contributed by atoms with E-state index in [1.807, 2.05) is 0 Å². The second kappa shape index (κ2) is 6.43. The van der Waals surface area contributed by atoms with Crippen LogP contribution in [0.4, 0.5) is 13.2 Å². The van der Waals surface area contributed by atoms with Gasteiger partial charge in [-0.1, -0.05) is 25.6 Å². The summed E-state index contributed by atoms with van der Waals surface area (Å²) in [6.07, 6.45) is 0. The summed E-state index contributed by atoms with van der Waals surface area (Å²) < 4.78 is 50.6. The van der Waals surface area contributed by atoms with Gasteiger partial charge >= 0.3 is 5.92 Å². The Labute approximate surface area is 153 Å². The molecule has 1 heterocycles. The Morgan fingerprint density at radius 2 is 1.81 bits per heavy atom. The van der Waals surface area contributed by atoms with Gasteiger partial charge in [0.15, 0.2) is 5.54 Å². The van der Waals surface area contributed by atoms with Gasteiger partial charge in [0.05, 0.1) is 0 Å². The number of nitrogens with two attached hydrogens (primary N) is 1. The number of hydrogen-bond acceptors (Lipinski definition) is 3. The van der Waals surface area contributed by atoms with Crippen LogP contribution in [-0.4, -0.2) is 32.0 Å². The number of rotatable bonds is 1. The second-order valence-electron chi connectivity index (χ2n) is 8.24. The molecule has 1 atom stereocenters. The number of aliphatic imine (C=N–C) groups is 1. The molecule has 0 saturated heterocycles. The fraction of sp³-hybridized carbons (Fsp3) is 0.526. The molecule has 0 saturated carbocycles. The third kappa shape index (κ3) is 3.67. The van der Waals surface area contributed by atoms with E-state index in [2.05, 4.69) is 36.1 Å². The van der Waals surface area contributed by atoms with Crippen molar-refractivity contribution in [2.24, 2.45) is 10.7 Å². The lowest BCUT2D eigenvalue weighted by Crippen LogP contribution is -2.56. The molecular formula is C19H25F3N2OSi. The maximum Gasteiger partial charge on any atom is 0.304 e. The second-order valence-corrected chi connectivity index (χ2v) is 13.0. The molecule has 0 spiro atoms. The zero-order chi connectivity index (χ0) is 20.0. The Kier molecular flexibility index (Phi) is 5.08. The molecule has 0 radical (unpaired) electrons. The van der Waals surface area contributed by atoms with Gasteiger partial charge in [-0.3, -0.25) is 4.99 Å². The van der Waals surface area contributed by atoms with E-state index in [1.165, 1.54) is 32.9 Å². The van der Waals surface area contributed by atoms with E-state index in [0.717, 1.165) is 6.07 Å². The summed E-state index contributed by atoms with van der Waals surface area (Å²) in [5.74, 6) is -1.41. The predicted octanol–water partition coefficient (Wildman–Crippen LogP) is 4.07. The first kappa shape index (κ1) is 20.5. The normalized spacial score (nSPS) is 24.9. The van der Waals surface area contributed by atoms with Gasteiger partial charge in [-0.25, -0.2) is 13.2 Å². The Hall–Kier alpha value is -1.78. The van der Waals surface area contributed by atoms with Crippen molar-refractivity contribution in [3.05, 3.63) is 35.1 Å². The molecule has 7 heteroatoms. The predicted molar refractivity (Wildman–Crippen MR) is 101 cm³/mol. The van der Waals surface area contributed by atoms with Gasteiger partial charge in [0.25, 0.3) is 0 Å². The zero-order valence-corrected chi connectivity index (χ0v) is 17.0. The smallest absolute Gasteiger partial charge is 0.304 e. The molecule has 1 aromatic carbocycles. The molecule has 2 N–H and O–H groups in total. The minimum absolute atomic E-state index is 0.101. The monoisotopic (exact) mass is 382 g/mol. The maximum atomic E-state index is 15.4. The Morgan fingerprint density at radius 3 is 2.38 bits per heavy atom. The molecule has 0 aliphatic carbocycles. The minimum atomic E-state index is -3.51. The van der Waals surface area contributed by atoms with Crippen molar-refractivity contribution in [3.63, 3.8) is 0 Å². The maximum absolute atomic E-state index is 15.4. The fourth-order valence-corrected chi connectivity index (χ4v) is 3.31. The van der Waals surface area contributed by atoms with Crippen LogP contribution in [-0.2, 0) is 10.3 Å². The quantitative estimate of drug-likeness (QED) is 0.588. The number of halogens is 3. The summed E-state index contributed by atoms with van der Waals surface area (Å²) in [6, 6.07) is 3.98. The average molecular weight is 383 g/mol. The van der Waals surface area contributed by atoms with Crippen LogP contribution in [0.3, 0.4) is 0 Å². The minimum Gasteiger partial charge on any atom is -0.385 e. The van der Waals surface area contributed by atoms with Crippen LogP contribution in [0.2, 0.25) is 19.6 Å². The molecule has 142 valence electrons. The van der Waals surface area contributed by atoms with E-state index in [-0.39, 0.29) is 18.0 Å². The van der Waals surface area contributed by atoms with Gasteiger partial charge < -0.3 is 10.5 Å². The fourth-order valence-electron chi connectivity index (χ4n) is 2.79. The SMILES string of the molecule is CC1(C)OCC(N)=N[C@](C)(c2cc(C#C[Si](C)(C)C)ccc2F)C1(F)F. The van der Waals surface area contributed by atoms with Crippen molar-refractivity contribution in [2.75, 3.05) is 6.61 Å². The average Bonchev–Trinajstić information content (AvgIpc) is 2.55. The molecule has 0 unspecified atom stereocenters. The van der Waals surface area contributed by atoms with Crippen LogP contribution in [0.5, 0.6) is 0 Å². The first-order chi connectivity index (χ1) is 11.7. The van der Waals surface area contributed by atoms with Crippen molar-refractivity contribution >= 4 is 13.9 Å². The molecular weight excluding hydrogens is 357 g/mol. The molecule has 1 aliphatic rings. The third-order valence-corrected chi connectivity index (χ3v) is 5.26. The van der Waals surface area contributed by atoms with Gasteiger partial charge in [-0.15, -0.1) is 5.54 Å². The van der Waals surface area contributed by atoms with Gasteiger partial charge in [0, 0.05) is 11.1 Å². The summed E-state index contributed by atoms with van der Waals surface area (Å²) in [5.41, 5.74) is 5.03. The highest BCUT2D eigenvalue weighted by molar-refractivity contribution is 6.83. The van der Waals surface area contributed by atoms with E-state index in [1.54, 1.807) is 0 Å². The Morgan fingerprint density at radius 1 is 1.19 bits per heavy atom. The number of nitrogens with zero attached hydrogens (tertiary/aromatic N) is 1. The highest BCUT2D eigenvalue weighted by atomic mass is 28.3. The van der Waals surface area contributed by atoms with Crippen molar-refractivity contribution in [1.29, 1.82) is 0 Å². The molecule has 0 bridgehead atoms. The number of amidine groups is 1. The largest absolute Gasteiger partial charge is 0.385 e. The molecule has 1 aromatic rings. The van der Waals surface area contributed by atoms with Crippen LogP contribution in [0.15, 0.2) is 23.2 Å². The van der Waals surface area contributed by atoms with E-state index in [9.17, 15) is 4.39 Å². The molecule has 0 aromatic heterocycles. The summed E-state index contributed by atoms with van der Waals surface area (Å²) in [7, 11) is -1.67. The summed E-state index contributed by atoms with van der Waals surface area (Å²) in [4.78, 5) is 3.98. The van der Waals surface area contributed by atoms with Crippen molar-refractivity contribution in [1.82, 2.24) is 0 Å². The zero-order valence-electron chi connectivity index (χ0n) is 16.0. The highest BCUT2D eigenvalue weighted by Gasteiger charge is 2.63. The molecule has 2 rings (SSSR count). The molecule has 3 nitrogen and oxygen atoms in total. The van der Waals surface area contributed by atoms with Gasteiger partial charge in [0.2, 0.25) is 0 Å². The van der Waals surface area contributed by atoms with Crippen LogP contribution in [0.1, 0.15) is 31.9 Å². The van der Waals surface area contributed by atoms with Crippen LogP contribution in [0, 0.1) is 17.3 Å². The first-order valence-corrected chi connectivity index (χ1v) is 11.9. The van der Waals surface area contributed by atoms with Gasteiger partial charge in [0.1, 0.15) is 31.9 Å². The lowest BCUT2D eigenvalue weighted by Gasteiger charge is -2.41. The van der Waals surface area contributed by atoms with E-state index in [0.29, 0.717) is 5.56 Å². The number of hydrogen-bond donors (Lipinski definition) is 1. The summed E-state index contributed by atoms with van der Waals surface area (Å²) >= 11 is 0. The summed E-state index contributed by atoms with van der Waals surface area (Å²) in [6.45, 7) is 9.65. The molecule has 0 fully saturated rings. The van der Waals surface area contributed by atoms with Crippen LogP contribution >= 0.6 is 0 Å². The van der Waals surface area contributed by atoms with Crippen LogP contribution < -0.4 is 5.73 Å². The topological polar surface area (TPSA) is 47.6 Å². The molecule has 1 aliphatic heterocycles. The highest BCUT2D eigenvalue weighted by Crippen LogP contribution is 2.50. The lowest BCUT2D eigenvalue weighted by atomic mass is 9.77. The third-order valence-electron chi connectivity index (χ3n) is 4.39.